The lowest BCUT2D eigenvalue weighted by atomic mass is 9.43. The molecule has 0 aromatic heterocycles. The SMILES string of the molecule is C/C=C1/CCC[C@]23CCC4C(CC[C@H]5C[C@H](C)CC[C@]45C)C2CC[C@H]13. The second kappa shape index (κ2) is 5.87. The molecule has 0 N–H and O–H groups in total. The van der Waals surface area contributed by atoms with E-state index in [2.05, 4.69) is 26.8 Å². The fraction of sp³-hybridized carbons (Fsp3) is 0.920. The van der Waals surface area contributed by atoms with Gasteiger partial charge in [-0.15, -0.1) is 0 Å². The molecule has 1 spiro atoms. The van der Waals surface area contributed by atoms with Crippen molar-refractivity contribution in [2.45, 2.75) is 97.8 Å². The molecule has 5 saturated carbocycles. The van der Waals surface area contributed by atoms with Crippen LogP contribution >= 0.6 is 0 Å². The van der Waals surface area contributed by atoms with Crippen LogP contribution in [0.25, 0.3) is 0 Å². The fourth-order valence-corrected chi connectivity index (χ4v) is 9.46. The van der Waals surface area contributed by atoms with Gasteiger partial charge in [0.2, 0.25) is 0 Å². The Balaban J connectivity index is 1.46. The van der Waals surface area contributed by atoms with Crippen LogP contribution in [0.5, 0.6) is 0 Å². The van der Waals surface area contributed by atoms with Crippen LogP contribution in [-0.2, 0) is 0 Å². The molecule has 0 saturated heterocycles. The minimum Gasteiger partial charge on any atom is -0.0882 e. The molecule has 5 aliphatic rings. The smallest absolute Gasteiger partial charge is 0.0144 e. The van der Waals surface area contributed by atoms with Crippen molar-refractivity contribution in [2.24, 2.45) is 46.3 Å². The first-order valence-corrected chi connectivity index (χ1v) is 11.7. The predicted molar refractivity (Wildman–Crippen MR) is 106 cm³/mol. The summed E-state index contributed by atoms with van der Waals surface area (Å²) < 4.78 is 0. The highest BCUT2D eigenvalue weighted by atomic mass is 14.7. The van der Waals surface area contributed by atoms with E-state index in [-0.39, 0.29) is 0 Å². The van der Waals surface area contributed by atoms with Crippen LogP contribution in [0.15, 0.2) is 11.6 Å². The molecule has 0 aliphatic heterocycles. The monoisotopic (exact) mass is 340 g/mol. The third kappa shape index (κ3) is 2.24. The summed E-state index contributed by atoms with van der Waals surface area (Å²) in [6.07, 6.45) is 21.0. The summed E-state index contributed by atoms with van der Waals surface area (Å²) in [4.78, 5) is 0. The van der Waals surface area contributed by atoms with Crippen LogP contribution in [0.3, 0.4) is 0 Å². The van der Waals surface area contributed by atoms with Crippen molar-refractivity contribution in [3.8, 4) is 0 Å². The summed E-state index contributed by atoms with van der Waals surface area (Å²) in [6, 6.07) is 0. The van der Waals surface area contributed by atoms with E-state index >= 15 is 0 Å². The maximum atomic E-state index is 2.74. The molecule has 0 nitrogen and oxygen atoms in total. The normalized spacial score (nSPS) is 56.7. The van der Waals surface area contributed by atoms with E-state index in [0.29, 0.717) is 5.41 Å². The third-order valence-corrected chi connectivity index (χ3v) is 10.6. The Morgan fingerprint density at radius 3 is 2.64 bits per heavy atom. The highest BCUT2D eigenvalue weighted by Crippen LogP contribution is 2.70. The maximum absolute atomic E-state index is 2.74. The van der Waals surface area contributed by atoms with Crippen molar-refractivity contribution in [1.29, 1.82) is 0 Å². The molecule has 0 aromatic carbocycles. The average Bonchev–Trinajstić information content (AvgIpc) is 3.02. The number of rotatable bonds is 0. The van der Waals surface area contributed by atoms with Gasteiger partial charge in [0, 0.05) is 0 Å². The highest BCUT2D eigenvalue weighted by molar-refractivity contribution is 5.21. The molecule has 25 heavy (non-hydrogen) atoms. The first-order chi connectivity index (χ1) is 12.1. The molecule has 0 heteroatoms. The van der Waals surface area contributed by atoms with E-state index in [9.17, 15) is 0 Å². The van der Waals surface area contributed by atoms with Gasteiger partial charge in [-0.2, -0.15) is 0 Å². The van der Waals surface area contributed by atoms with Crippen molar-refractivity contribution < 1.29 is 0 Å². The van der Waals surface area contributed by atoms with Crippen LogP contribution < -0.4 is 0 Å². The van der Waals surface area contributed by atoms with Gasteiger partial charge in [-0.25, -0.2) is 0 Å². The molecule has 5 aliphatic carbocycles. The molecular weight excluding hydrogens is 300 g/mol. The molecule has 5 fully saturated rings. The molecule has 3 unspecified atom stereocenters. The van der Waals surface area contributed by atoms with Gasteiger partial charge in [-0.3, -0.25) is 0 Å². The van der Waals surface area contributed by atoms with Gasteiger partial charge in [0.15, 0.2) is 0 Å². The lowest BCUT2D eigenvalue weighted by Crippen LogP contribution is -2.54. The van der Waals surface area contributed by atoms with Crippen molar-refractivity contribution in [3.05, 3.63) is 11.6 Å². The predicted octanol–water partition coefficient (Wildman–Crippen LogP) is 7.39. The lowest BCUT2D eigenvalue weighted by Gasteiger charge is -2.62. The van der Waals surface area contributed by atoms with E-state index in [1.807, 2.05) is 5.57 Å². The Labute approximate surface area is 156 Å². The largest absolute Gasteiger partial charge is 0.0882 e. The molecule has 0 amide bonds. The van der Waals surface area contributed by atoms with Gasteiger partial charge < -0.3 is 0 Å². The minimum absolute atomic E-state index is 0.702. The van der Waals surface area contributed by atoms with E-state index in [4.69, 9.17) is 0 Å². The molecular formula is C25H40. The summed E-state index contributed by atoms with van der Waals surface area (Å²) >= 11 is 0. The van der Waals surface area contributed by atoms with Crippen LogP contribution in [0.1, 0.15) is 97.8 Å². The van der Waals surface area contributed by atoms with Gasteiger partial charge in [0.25, 0.3) is 0 Å². The summed E-state index contributed by atoms with van der Waals surface area (Å²) in [6.45, 7) is 7.58. The maximum Gasteiger partial charge on any atom is -0.0144 e. The Hall–Kier alpha value is -0.260. The Morgan fingerprint density at radius 1 is 0.920 bits per heavy atom. The zero-order chi connectivity index (χ0) is 17.2. The Kier molecular flexibility index (Phi) is 3.96. The number of allylic oxidation sites excluding steroid dienone is 2. The molecule has 0 aromatic rings. The quantitative estimate of drug-likeness (QED) is 0.403. The molecule has 0 radical (unpaired) electrons. The zero-order valence-corrected chi connectivity index (χ0v) is 17.0. The van der Waals surface area contributed by atoms with E-state index in [1.54, 1.807) is 51.4 Å². The summed E-state index contributed by atoms with van der Waals surface area (Å²) in [5, 5.41) is 0. The number of hydrogen-bond donors (Lipinski definition) is 0. The number of fused-ring (bicyclic) bond motifs is 4. The summed E-state index contributed by atoms with van der Waals surface area (Å²) in [7, 11) is 0. The van der Waals surface area contributed by atoms with E-state index < -0.39 is 0 Å². The Bertz CT molecular complexity index is 558. The Morgan fingerprint density at radius 2 is 1.80 bits per heavy atom. The lowest BCUT2D eigenvalue weighted by molar-refractivity contribution is -0.123. The van der Waals surface area contributed by atoms with Crippen LogP contribution in [-0.4, -0.2) is 0 Å². The van der Waals surface area contributed by atoms with E-state index in [1.165, 1.54) is 25.7 Å². The summed E-state index contributed by atoms with van der Waals surface area (Å²) in [5.41, 5.74) is 3.30. The highest BCUT2D eigenvalue weighted by Gasteiger charge is 2.62. The van der Waals surface area contributed by atoms with E-state index in [0.717, 1.165) is 40.9 Å². The zero-order valence-electron chi connectivity index (χ0n) is 17.0. The second-order valence-corrected chi connectivity index (χ2v) is 11.2. The van der Waals surface area contributed by atoms with Crippen molar-refractivity contribution >= 4 is 0 Å². The molecule has 0 heterocycles. The van der Waals surface area contributed by atoms with Gasteiger partial charge in [-0.1, -0.05) is 31.9 Å². The average molecular weight is 341 g/mol. The topological polar surface area (TPSA) is 0 Å². The van der Waals surface area contributed by atoms with Crippen molar-refractivity contribution in [3.63, 3.8) is 0 Å². The van der Waals surface area contributed by atoms with Crippen molar-refractivity contribution in [2.75, 3.05) is 0 Å². The van der Waals surface area contributed by atoms with Gasteiger partial charge >= 0.3 is 0 Å². The first-order valence-electron chi connectivity index (χ1n) is 11.7. The second-order valence-electron chi connectivity index (χ2n) is 11.2. The molecule has 0 bridgehead atoms. The van der Waals surface area contributed by atoms with Crippen LogP contribution in [0, 0.1) is 46.3 Å². The van der Waals surface area contributed by atoms with Crippen LogP contribution in [0.2, 0.25) is 0 Å². The third-order valence-electron chi connectivity index (χ3n) is 10.6. The molecule has 5 rings (SSSR count). The molecule has 8 atom stereocenters. The fourth-order valence-electron chi connectivity index (χ4n) is 9.46. The van der Waals surface area contributed by atoms with Gasteiger partial charge in [0.1, 0.15) is 0 Å². The van der Waals surface area contributed by atoms with Gasteiger partial charge in [0.05, 0.1) is 0 Å². The van der Waals surface area contributed by atoms with Crippen LogP contribution in [0.4, 0.5) is 0 Å². The number of hydrogen-bond acceptors (Lipinski definition) is 0. The van der Waals surface area contributed by atoms with Crippen molar-refractivity contribution in [1.82, 2.24) is 0 Å². The first kappa shape index (κ1) is 16.9. The minimum atomic E-state index is 0.702. The van der Waals surface area contributed by atoms with Gasteiger partial charge in [-0.05, 0) is 124 Å². The summed E-state index contributed by atoms with van der Waals surface area (Å²) in [5.74, 6) is 6.28. The standard InChI is InChI=1S/C25H40/c1-4-18-6-5-13-25-15-12-22-20(23(25)10-9-21(18)25)8-7-19-16-17(2)11-14-24(19,22)3/h4,17,19-23H,5-16H2,1-3H3/b18-4-/t17-,19+,20?,21-,22?,23?,24+,25-/m1/s1. The molecule has 140 valence electrons.